The molecule has 15 heavy (non-hydrogen) atoms. The van der Waals surface area contributed by atoms with Crippen LogP contribution in [0.4, 0.5) is 0 Å². The minimum absolute atomic E-state index is 0.0480. The first-order valence-corrected chi connectivity index (χ1v) is 6.10. The Morgan fingerprint density at radius 1 is 1.60 bits per heavy atom. The number of hydrogen-bond acceptors (Lipinski definition) is 2. The van der Waals surface area contributed by atoms with Crippen LogP contribution in [0.25, 0.3) is 0 Å². The molecule has 0 N–H and O–H groups in total. The van der Waals surface area contributed by atoms with Gasteiger partial charge in [-0.2, -0.15) is 5.10 Å². The molecule has 0 unspecified atom stereocenters. The van der Waals surface area contributed by atoms with Gasteiger partial charge in [0.2, 0.25) is 0 Å². The summed E-state index contributed by atoms with van der Waals surface area (Å²) in [6.45, 7) is 4.63. The van der Waals surface area contributed by atoms with Gasteiger partial charge in [0, 0.05) is 7.05 Å². The number of fused-ring (bicyclic) bond motifs is 1. The van der Waals surface area contributed by atoms with Crippen molar-refractivity contribution in [2.75, 3.05) is 0 Å². The number of aromatic nitrogens is 2. The third-order valence-corrected chi connectivity index (χ3v) is 4.17. The molecule has 0 amide bonds. The number of rotatable bonds is 1. The van der Waals surface area contributed by atoms with Crippen LogP contribution in [-0.2, 0) is 17.4 Å². The monoisotopic (exact) mass is 270 g/mol. The molecule has 82 valence electrons. The molecule has 0 bridgehead atoms. The second-order valence-electron chi connectivity index (χ2n) is 5.51. The molecule has 1 saturated carbocycles. The molecule has 1 saturated heterocycles. The highest BCUT2D eigenvalue weighted by molar-refractivity contribution is 9.10. The zero-order chi connectivity index (χ0) is 10.8. The lowest BCUT2D eigenvalue weighted by molar-refractivity contribution is 0.159. The van der Waals surface area contributed by atoms with Crippen LogP contribution in [0.15, 0.2) is 10.7 Å². The maximum Gasteiger partial charge on any atom is 0.138 e. The van der Waals surface area contributed by atoms with Gasteiger partial charge in [0.1, 0.15) is 5.60 Å². The van der Waals surface area contributed by atoms with Crippen molar-refractivity contribution in [1.82, 2.24) is 9.78 Å². The van der Waals surface area contributed by atoms with Gasteiger partial charge in [0.25, 0.3) is 0 Å². The Balaban J connectivity index is 2.04. The maximum atomic E-state index is 5.89. The molecule has 2 aliphatic rings. The molecule has 1 aromatic rings. The lowest BCUT2D eigenvalue weighted by Crippen LogP contribution is -2.18. The van der Waals surface area contributed by atoms with Gasteiger partial charge in [-0.05, 0) is 34.2 Å². The highest BCUT2D eigenvalue weighted by Gasteiger charge is 2.67. The van der Waals surface area contributed by atoms with E-state index in [0.717, 1.165) is 17.3 Å². The van der Waals surface area contributed by atoms with Crippen LogP contribution in [0, 0.1) is 5.41 Å². The van der Waals surface area contributed by atoms with E-state index in [4.69, 9.17) is 4.74 Å². The summed E-state index contributed by atoms with van der Waals surface area (Å²) in [4.78, 5) is 0. The van der Waals surface area contributed by atoms with E-state index in [2.05, 4.69) is 34.9 Å². The molecule has 0 aromatic carbocycles. The average molecular weight is 271 g/mol. The zero-order valence-corrected chi connectivity index (χ0v) is 10.8. The van der Waals surface area contributed by atoms with Crippen molar-refractivity contribution in [3.63, 3.8) is 0 Å². The van der Waals surface area contributed by atoms with Gasteiger partial charge in [0.05, 0.1) is 22.5 Å². The third-order valence-electron chi connectivity index (χ3n) is 3.59. The highest BCUT2D eigenvalue weighted by atomic mass is 79.9. The predicted molar refractivity (Wildman–Crippen MR) is 60.5 cm³/mol. The highest BCUT2D eigenvalue weighted by Crippen LogP contribution is 2.64. The van der Waals surface area contributed by atoms with Gasteiger partial charge in [0.15, 0.2) is 0 Å². The van der Waals surface area contributed by atoms with Crippen LogP contribution < -0.4 is 0 Å². The van der Waals surface area contributed by atoms with Crippen molar-refractivity contribution < 1.29 is 4.74 Å². The third kappa shape index (κ3) is 1.24. The van der Waals surface area contributed by atoms with E-state index in [-0.39, 0.29) is 5.60 Å². The van der Waals surface area contributed by atoms with E-state index in [9.17, 15) is 0 Å². The first kappa shape index (κ1) is 9.85. The van der Waals surface area contributed by atoms with Crippen LogP contribution in [0.2, 0.25) is 0 Å². The first-order valence-electron chi connectivity index (χ1n) is 5.30. The lowest BCUT2D eigenvalue weighted by Gasteiger charge is -2.21. The van der Waals surface area contributed by atoms with E-state index < -0.39 is 0 Å². The minimum atomic E-state index is -0.0480. The Kier molecular flexibility index (Phi) is 1.75. The fourth-order valence-corrected chi connectivity index (χ4v) is 3.73. The van der Waals surface area contributed by atoms with Gasteiger partial charge in [-0.15, -0.1) is 0 Å². The summed E-state index contributed by atoms with van der Waals surface area (Å²) in [6, 6.07) is 0. The molecule has 2 atom stereocenters. The summed E-state index contributed by atoms with van der Waals surface area (Å²) < 4.78 is 8.90. The molecule has 1 aliphatic heterocycles. The Bertz CT molecular complexity index is 407. The fraction of sp³-hybridized carbons (Fsp3) is 0.727. The predicted octanol–water partition coefficient (Wildman–Crippen LogP) is 2.60. The zero-order valence-electron chi connectivity index (χ0n) is 9.25. The molecule has 1 aliphatic carbocycles. The molecular weight excluding hydrogens is 256 g/mol. The van der Waals surface area contributed by atoms with Gasteiger partial charge in [-0.3, -0.25) is 4.68 Å². The molecule has 1 aromatic heterocycles. The molecule has 3 rings (SSSR count). The van der Waals surface area contributed by atoms with Crippen molar-refractivity contribution in [3.8, 4) is 0 Å². The van der Waals surface area contributed by atoms with E-state index in [0.29, 0.717) is 11.5 Å². The fourth-order valence-electron chi connectivity index (χ4n) is 3.05. The van der Waals surface area contributed by atoms with E-state index in [1.54, 1.807) is 0 Å². The van der Waals surface area contributed by atoms with Crippen molar-refractivity contribution >= 4 is 15.9 Å². The van der Waals surface area contributed by atoms with E-state index in [1.807, 2.05) is 17.9 Å². The molecule has 0 radical (unpaired) electrons. The van der Waals surface area contributed by atoms with Gasteiger partial charge in [-0.25, -0.2) is 0 Å². The molecule has 3 nitrogen and oxygen atoms in total. The quantitative estimate of drug-likeness (QED) is 0.735. The Hall–Kier alpha value is -0.350. The summed E-state index contributed by atoms with van der Waals surface area (Å²) in [6.07, 6.45) is 4.51. The molecule has 4 heteroatoms. The Morgan fingerprint density at radius 2 is 2.33 bits per heavy atom. The maximum absolute atomic E-state index is 5.89. The smallest absolute Gasteiger partial charge is 0.138 e. The summed E-state index contributed by atoms with van der Waals surface area (Å²) in [5.41, 5.74) is 1.55. The number of nitrogens with zero attached hydrogens (tertiary/aromatic N) is 2. The number of aryl methyl sites for hydroxylation is 1. The summed E-state index contributed by atoms with van der Waals surface area (Å²) in [7, 11) is 1.99. The molecule has 2 fully saturated rings. The van der Waals surface area contributed by atoms with Crippen molar-refractivity contribution in [2.45, 2.75) is 38.4 Å². The van der Waals surface area contributed by atoms with E-state index >= 15 is 0 Å². The van der Waals surface area contributed by atoms with Gasteiger partial charge < -0.3 is 4.74 Å². The largest absolute Gasteiger partial charge is 0.359 e. The average Bonchev–Trinajstić information content (AvgIpc) is 2.48. The number of ether oxygens (including phenoxy) is 1. The van der Waals surface area contributed by atoms with Crippen LogP contribution in [0.1, 0.15) is 32.4 Å². The van der Waals surface area contributed by atoms with Crippen LogP contribution >= 0.6 is 15.9 Å². The topological polar surface area (TPSA) is 30.4 Å². The van der Waals surface area contributed by atoms with Gasteiger partial charge >= 0.3 is 0 Å². The van der Waals surface area contributed by atoms with Crippen LogP contribution in [-0.4, -0.2) is 15.9 Å². The summed E-state index contributed by atoms with van der Waals surface area (Å²) in [5.74, 6) is 0. The summed E-state index contributed by atoms with van der Waals surface area (Å²) >= 11 is 3.56. The minimum Gasteiger partial charge on any atom is -0.359 e. The number of epoxide rings is 1. The number of hydrogen-bond donors (Lipinski definition) is 0. The standard InChI is InChI=1S/C11H15BrN2O/c1-10(2)4-8-11(6-10,15-8)9-7(12)5-13-14(9)3/h5,8H,4,6H2,1-3H3/t8-,11+/m0/s1. The normalized spacial score (nSPS) is 36.7. The lowest BCUT2D eigenvalue weighted by atomic mass is 9.88. The summed E-state index contributed by atoms with van der Waals surface area (Å²) in [5, 5.41) is 4.27. The van der Waals surface area contributed by atoms with Crippen molar-refractivity contribution in [2.24, 2.45) is 12.5 Å². The second kappa shape index (κ2) is 2.66. The Morgan fingerprint density at radius 3 is 2.80 bits per heavy atom. The SMILES string of the molecule is Cn1ncc(Br)c1[C@@]12CC(C)(C)C[C@@H]1O2. The first-order chi connectivity index (χ1) is 6.95. The van der Waals surface area contributed by atoms with Crippen molar-refractivity contribution in [1.29, 1.82) is 0 Å². The van der Waals surface area contributed by atoms with Gasteiger partial charge in [-0.1, -0.05) is 13.8 Å². The van der Waals surface area contributed by atoms with E-state index in [1.165, 1.54) is 5.69 Å². The van der Waals surface area contributed by atoms with Crippen LogP contribution in [0.5, 0.6) is 0 Å². The number of halogens is 1. The van der Waals surface area contributed by atoms with Crippen molar-refractivity contribution in [3.05, 3.63) is 16.4 Å². The Labute approximate surface area is 97.9 Å². The second-order valence-corrected chi connectivity index (χ2v) is 6.36. The molecule has 0 spiro atoms. The van der Waals surface area contributed by atoms with Crippen LogP contribution in [0.3, 0.4) is 0 Å². The molecule has 2 heterocycles. The molecular formula is C11H15BrN2O.